The summed E-state index contributed by atoms with van der Waals surface area (Å²) >= 11 is 6.02. The number of anilines is 1. The van der Waals surface area contributed by atoms with Crippen LogP contribution in [-0.2, 0) is 16.4 Å². The van der Waals surface area contributed by atoms with E-state index < -0.39 is 10.0 Å². The summed E-state index contributed by atoms with van der Waals surface area (Å²) in [4.78, 5) is 15.2. The minimum Gasteiger partial charge on any atom is -0.496 e. The number of carbonyl (C=O) groups excluding carboxylic acids is 1. The average molecular weight is 435 g/mol. The van der Waals surface area contributed by atoms with Gasteiger partial charge in [0.15, 0.2) is 0 Å². The number of benzene rings is 2. The van der Waals surface area contributed by atoms with Gasteiger partial charge in [-0.2, -0.15) is 4.31 Å². The van der Waals surface area contributed by atoms with Gasteiger partial charge in [0.25, 0.3) is 5.91 Å². The van der Waals surface area contributed by atoms with E-state index in [1.54, 1.807) is 45.6 Å². The fraction of sp³-hybridized carbons (Fsp3) is 0.381. The number of carbonyl (C=O) groups is 1. The molecule has 8 heteroatoms. The predicted octanol–water partition coefficient (Wildman–Crippen LogP) is 3.73. The molecule has 2 aliphatic heterocycles. The number of amides is 1. The lowest BCUT2D eigenvalue weighted by Gasteiger charge is -2.30. The van der Waals surface area contributed by atoms with Crippen molar-refractivity contribution in [3.05, 3.63) is 52.5 Å². The lowest BCUT2D eigenvalue weighted by atomic mass is 10.0. The van der Waals surface area contributed by atoms with Gasteiger partial charge in [-0.25, -0.2) is 8.42 Å². The molecule has 0 aromatic heterocycles. The van der Waals surface area contributed by atoms with E-state index in [1.165, 1.54) is 7.11 Å². The van der Waals surface area contributed by atoms with Crippen LogP contribution in [0.15, 0.2) is 41.3 Å². The molecule has 1 amide bonds. The summed E-state index contributed by atoms with van der Waals surface area (Å²) in [7, 11) is -1.98. The Hall–Kier alpha value is -2.09. The fourth-order valence-electron chi connectivity index (χ4n) is 4.01. The SMILES string of the molecule is COc1cc(Cl)ccc1C(=O)N1CCCc2cc(S(=O)(=O)N3CCCC3)ccc21. The second-order valence-electron chi connectivity index (χ2n) is 7.31. The molecule has 0 radical (unpaired) electrons. The second kappa shape index (κ2) is 7.97. The number of rotatable bonds is 4. The van der Waals surface area contributed by atoms with Gasteiger partial charge >= 0.3 is 0 Å². The molecule has 2 aromatic rings. The number of sulfonamides is 1. The zero-order valence-electron chi connectivity index (χ0n) is 16.2. The van der Waals surface area contributed by atoms with Crippen molar-refractivity contribution >= 4 is 33.2 Å². The molecular formula is C21H23ClN2O4S. The van der Waals surface area contributed by atoms with E-state index in [9.17, 15) is 13.2 Å². The number of ether oxygens (including phenoxy) is 1. The molecule has 1 fully saturated rings. The molecular weight excluding hydrogens is 412 g/mol. The molecule has 2 aromatic carbocycles. The Bertz CT molecular complexity index is 1050. The topological polar surface area (TPSA) is 66.9 Å². The highest BCUT2D eigenvalue weighted by Gasteiger charge is 2.30. The quantitative estimate of drug-likeness (QED) is 0.735. The van der Waals surface area contributed by atoms with Crippen LogP contribution in [0.3, 0.4) is 0 Å². The minimum atomic E-state index is -3.48. The van der Waals surface area contributed by atoms with E-state index in [1.807, 2.05) is 0 Å². The van der Waals surface area contributed by atoms with Crippen molar-refractivity contribution in [1.29, 1.82) is 0 Å². The number of fused-ring (bicyclic) bond motifs is 1. The van der Waals surface area contributed by atoms with E-state index in [2.05, 4.69) is 0 Å². The zero-order valence-corrected chi connectivity index (χ0v) is 17.8. The molecule has 0 unspecified atom stereocenters. The number of hydrogen-bond donors (Lipinski definition) is 0. The summed E-state index contributed by atoms with van der Waals surface area (Å²) in [6, 6.07) is 10.0. The van der Waals surface area contributed by atoms with Crippen LogP contribution in [0.2, 0.25) is 5.02 Å². The van der Waals surface area contributed by atoms with E-state index in [0.717, 1.165) is 36.9 Å². The molecule has 0 saturated carbocycles. The highest BCUT2D eigenvalue weighted by Crippen LogP contribution is 2.34. The lowest BCUT2D eigenvalue weighted by molar-refractivity contribution is 0.0982. The van der Waals surface area contributed by atoms with Crippen LogP contribution in [0, 0.1) is 0 Å². The van der Waals surface area contributed by atoms with Gasteiger partial charge in [0.2, 0.25) is 10.0 Å². The van der Waals surface area contributed by atoms with Gasteiger partial charge in [-0.3, -0.25) is 4.79 Å². The third-order valence-electron chi connectivity index (χ3n) is 5.51. The molecule has 0 aliphatic carbocycles. The maximum Gasteiger partial charge on any atom is 0.262 e. The Morgan fingerprint density at radius 2 is 1.79 bits per heavy atom. The summed E-state index contributed by atoms with van der Waals surface area (Å²) < 4.78 is 32.6. The van der Waals surface area contributed by atoms with Crippen LogP contribution in [0.25, 0.3) is 0 Å². The van der Waals surface area contributed by atoms with Crippen LogP contribution in [-0.4, -0.2) is 45.4 Å². The van der Waals surface area contributed by atoms with Gasteiger partial charge in [0, 0.05) is 30.3 Å². The Balaban J connectivity index is 1.68. The van der Waals surface area contributed by atoms with Crippen LogP contribution in [0.5, 0.6) is 5.75 Å². The van der Waals surface area contributed by atoms with Crippen LogP contribution in [0.4, 0.5) is 5.69 Å². The van der Waals surface area contributed by atoms with Gasteiger partial charge in [-0.15, -0.1) is 0 Å². The standard InChI is InChI=1S/C21H23ClN2O4S/c1-28-20-14-16(22)6-8-18(20)21(25)24-12-4-5-15-13-17(7-9-19(15)24)29(26,27)23-10-2-3-11-23/h6-9,13-14H,2-5,10-12H2,1H3. The molecule has 2 heterocycles. The van der Waals surface area contributed by atoms with E-state index in [4.69, 9.17) is 16.3 Å². The van der Waals surface area contributed by atoms with Crippen molar-refractivity contribution in [2.75, 3.05) is 31.6 Å². The summed E-state index contributed by atoms with van der Waals surface area (Å²) in [5.41, 5.74) is 2.05. The van der Waals surface area contributed by atoms with Crippen molar-refractivity contribution in [3.8, 4) is 5.75 Å². The van der Waals surface area contributed by atoms with Crippen molar-refractivity contribution < 1.29 is 17.9 Å². The van der Waals surface area contributed by atoms with Gasteiger partial charge in [0.05, 0.1) is 17.6 Å². The van der Waals surface area contributed by atoms with Crippen molar-refractivity contribution in [3.63, 3.8) is 0 Å². The molecule has 1 saturated heterocycles. The van der Waals surface area contributed by atoms with Crippen LogP contribution in [0.1, 0.15) is 35.2 Å². The van der Waals surface area contributed by atoms with Gasteiger partial charge in [-0.05, 0) is 67.6 Å². The molecule has 0 N–H and O–H groups in total. The number of hydrogen-bond acceptors (Lipinski definition) is 4. The largest absolute Gasteiger partial charge is 0.496 e. The van der Waals surface area contributed by atoms with Crippen molar-refractivity contribution in [2.24, 2.45) is 0 Å². The smallest absolute Gasteiger partial charge is 0.262 e. The molecule has 0 bridgehead atoms. The normalized spacial score (nSPS) is 17.2. The Kier molecular flexibility index (Phi) is 5.55. The Labute approximate surface area is 176 Å². The average Bonchev–Trinajstić information content (AvgIpc) is 3.28. The first-order valence-corrected chi connectivity index (χ1v) is 11.5. The van der Waals surface area contributed by atoms with Crippen molar-refractivity contribution in [1.82, 2.24) is 4.31 Å². The number of aryl methyl sites for hydroxylation is 1. The first-order valence-electron chi connectivity index (χ1n) is 9.70. The summed E-state index contributed by atoms with van der Waals surface area (Å²) in [6.07, 6.45) is 3.30. The number of methoxy groups -OCH3 is 1. The van der Waals surface area contributed by atoms with E-state index in [-0.39, 0.29) is 5.91 Å². The van der Waals surface area contributed by atoms with E-state index >= 15 is 0 Å². The first kappa shape index (κ1) is 20.2. The molecule has 154 valence electrons. The Morgan fingerprint density at radius 1 is 1.03 bits per heavy atom. The van der Waals surface area contributed by atoms with Crippen LogP contribution < -0.4 is 9.64 Å². The molecule has 4 rings (SSSR count). The predicted molar refractivity (Wildman–Crippen MR) is 112 cm³/mol. The highest BCUT2D eigenvalue weighted by molar-refractivity contribution is 7.89. The zero-order chi connectivity index (χ0) is 20.6. The van der Waals surface area contributed by atoms with E-state index in [0.29, 0.717) is 40.9 Å². The monoisotopic (exact) mass is 434 g/mol. The van der Waals surface area contributed by atoms with Crippen molar-refractivity contribution in [2.45, 2.75) is 30.6 Å². The fourth-order valence-corrected chi connectivity index (χ4v) is 5.74. The molecule has 0 spiro atoms. The molecule has 6 nitrogen and oxygen atoms in total. The van der Waals surface area contributed by atoms with Gasteiger partial charge in [0.1, 0.15) is 5.75 Å². The third-order valence-corrected chi connectivity index (χ3v) is 7.64. The number of halogens is 1. The minimum absolute atomic E-state index is 0.186. The highest BCUT2D eigenvalue weighted by atomic mass is 35.5. The molecule has 2 aliphatic rings. The maximum absolute atomic E-state index is 13.2. The van der Waals surface area contributed by atoms with Crippen LogP contribution >= 0.6 is 11.6 Å². The number of nitrogens with zero attached hydrogens (tertiary/aromatic N) is 2. The molecule has 29 heavy (non-hydrogen) atoms. The first-order chi connectivity index (χ1) is 13.9. The summed E-state index contributed by atoms with van der Waals surface area (Å²) in [5.74, 6) is 0.234. The third kappa shape index (κ3) is 3.74. The van der Waals surface area contributed by atoms with Gasteiger partial charge < -0.3 is 9.64 Å². The lowest BCUT2D eigenvalue weighted by Crippen LogP contribution is -2.36. The summed E-state index contributed by atoms with van der Waals surface area (Å²) in [5, 5.41) is 0.495. The second-order valence-corrected chi connectivity index (χ2v) is 9.68. The van der Waals surface area contributed by atoms with Gasteiger partial charge in [-0.1, -0.05) is 11.6 Å². The Morgan fingerprint density at radius 3 is 2.52 bits per heavy atom. The summed E-state index contributed by atoms with van der Waals surface area (Å²) in [6.45, 7) is 1.70. The maximum atomic E-state index is 13.2. The molecule has 0 atom stereocenters.